The number of carbonyl (C=O) groups is 1. The summed E-state index contributed by atoms with van der Waals surface area (Å²) >= 11 is 4.28. The fraction of sp³-hybridized carbons (Fsp3) is 0.100. The van der Waals surface area contributed by atoms with Crippen molar-refractivity contribution < 1.29 is 4.79 Å². The van der Waals surface area contributed by atoms with Gasteiger partial charge in [-0.2, -0.15) is 0 Å². The Morgan fingerprint density at radius 1 is 1.58 bits per heavy atom. The van der Waals surface area contributed by atoms with E-state index in [4.69, 9.17) is 5.84 Å². The Bertz CT molecular complexity index is 653. The predicted molar refractivity (Wildman–Crippen MR) is 75.9 cm³/mol. The van der Waals surface area contributed by atoms with Crippen molar-refractivity contribution in [1.29, 1.82) is 0 Å². The molecule has 0 radical (unpaired) electrons. The number of anilines is 1. The van der Waals surface area contributed by atoms with Crippen molar-refractivity contribution in [1.82, 2.24) is 15.3 Å². The van der Waals surface area contributed by atoms with Gasteiger partial charge in [0, 0.05) is 21.7 Å². The third-order valence-electron chi connectivity index (χ3n) is 2.25. The zero-order valence-electron chi connectivity index (χ0n) is 9.57. The standard InChI is InChI=1S/C10H10BrN5O2S/c11-5-1-7(8(16-12)13-2-5)9(17)14-3-6-4-19-10(18)15-6/h1-2,4H,3,12H2,(H,13,16)(H,14,17)(H,15,18). The van der Waals surface area contributed by atoms with Crippen LogP contribution in [-0.4, -0.2) is 15.9 Å². The van der Waals surface area contributed by atoms with Crippen LogP contribution < -0.4 is 21.5 Å². The van der Waals surface area contributed by atoms with Gasteiger partial charge in [-0.3, -0.25) is 9.59 Å². The lowest BCUT2D eigenvalue weighted by molar-refractivity contribution is 0.0951. The number of H-pyrrole nitrogens is 1. The van der Waals surface area contributed by atoms with Crippen molar-refractivity contribution >= 4 is 39.0 Å². The van der Waals surface area contributed by atoms with Crippen molar-refractivity contribution in [2.45, 2.75) is 6.54 Å². The minimum Gasteiger partial charge on any atom is -0.346 e. The van der Waals surface area contributed by atoms with Gasteiger partial charge in [-0.15, -0.1) is 0 Å². The largest absolute Gasteiger partial charge is 0.346 e. The molecule has 2 heterocycles. The molecule has 0 aliphatic heterocycles. The van der Waals surface area contributed by atoms with Crippen molar-refractivity contribution in [3.05, 3.63) is 43.0 Å². The number of hydrogen-bond donors (Lipinski definition) is 4. The summed E-state index contributed by atoms with van der Waals surface area (Å²) in [6.07, 6.45) is 1.53. The van der Waals surface area contributed by atoms with Crippen LogP contribution in [0.5, 0.6) is 0 Å². The van der Waals surface area contributed by atoms with E-state index >= 15 is 0 Å². The van der Waals surface area contributed by atoms with Crippen LogP contribution in [0.3, 0.4) is 0 Å². The van der Waals surface area contributed by atoms with E-state index in [1.165, 1.54) is 6.20 Å². The van der Waals surface area contributed by atoms with Gasteiger partial charge in [-0.25, -0.2) is 10.8 Å². The number of aromatic nitrogens is 2. The van der Waals surface area contributed by atoms with Crippen molar-refractivity contribution in [3.63, 3.8) is 0 Å². The first kappa shape index (κ1) is 13.7. The van der Waals surface area contributed by atoms with E-state index in [1.807, 2.05) is 0 Å². The predicted octanol–water partition coefficient (Wildman–Crippen LogP) is 0.809. The summed E-state index contributed by atoms with van der Waals surface area (Å²) in [5, 5.41) is 4.33. The number of nitrogens with two attached hydrogens (primary N) is 1. The lowest BCUT2D eigenvalue weighted by Crippen LogP contribution is -2.25. The normalized spacial score (nSPS) is 10.2. The molecule has 0 unspecified atom stereocenters. The highest BCUT2D eigenvalue weighted by Gasteiger charge is 2.12. The number of rotatable bonds is 4. The lowest BCUT2D eigenvalue weighted by Gasteiger charge is -2.08. The molecule has 2 aromatic rings. The molecule has 0 atom stereocenters. The second-order valence-electron chi connectivity index (χ2n) is 3.55. The smallest absolute Gasteiger partial charge is 0.304 e. The van der Waals surface area contributed by atoms with E-state index in [0.717, 1.165) is 11.3 Å². The summed E-state index contributed by atoms with van der Waals surface area (Å²) < 4.78 is 0.667. The SMILES string of the molecule is NNc1ncc(Br)cc1C(=O)NCc1csc(=O)[nH]1. The van der Waals surface area contributed by atoms with E-state index < -0.39 is 0 Å². The highest BCUT2D eigenvalue weighted by molar-refractivity contribution is 9.10. The third-order valence-corrected chi connectivity index (χ3v) is 3.40. The molecular weight excluding hydrogens is 334 g/mol. The van der Waals surface area contributed by atoms with Gasteiger partial charge < -0.3 is 15.7 Å². The van der Waals surface area contributed by atoms with E-state index in [-0.39, 0.29) is 23.1 Å². The van der Waals surface area contributed by atoms with Crippen LogP contribution >= 0.6 is 27.3 Å². The van der Waals surface area contributed by atoms with Crippen LogP contribution in [0.25, 0.3) is 0 Å². The summed E-state index contributed by atoms with van der Waals surface area (Å²) in [7, 11) is 0. The number of thiazole rings is 1. The topological polar surface area (TPSA) is 113 Å². The maximum atomic E-state index is 12.0. The molecule has 0 saturated heterocycles. The molecule has 100 valence electrons. The minimum absolute atomic E-state index is 0.155. The Morgan fingerprint density at radius 3 is 3.00 bits per heavy atom. The fourth-order valence-electron chi connectivity index (χ4n) is 1.40. The van der Waals surface area contributed by atoms with Crippen LogP contribution in [0.4, 0.5) is 5.82 Å². The minimum atomic E-state index is -0.339. The van der Waals surface area contributed by atoms with Gasteiger partial charge in [-0.05, 0) is 22.0 Å². The monoisotopic (exact) mass is 343 g/mol. The Labute approximate surface area is 120 Å². The number of carbonyl (C=O) groups excluding carboxylic acids is 1. The number of pyridine rings is 1. The molecule has 9 heteroatoms. The van der Waals surface area contributed by atoms with E-state index in [9.17, 15) is 9.59 Å². The molecule has 0 spiro atoms. The average Bonchev–Trinajstić information content (AvgIpc) is 2.81. The molecule has 5 N–H and O–H groups in total. The van der Waals surface area contributed by atoms with Gasteiger partial charge in [0.05, 0.1) is 12.1 Å². The van der Waals surface area contributed by atoms with E-state index in [2.05, 4.69) is 36.6 Å². The highest BCUT2D eigenvalue weighted by Crippen LogP contribution is 2.17. The first-order chi connectivity index (χ1) is 9.10. The summed E-state index contributed by atoms with van der Waals surface area (Å²) in [6.45, 7) is 0.230. The van der Waals surface area contributed by atoms with Crippen LogP contribution in [0.2, 0.25) is 0 Å². The summed E-state index contributed by atoms with van der Waals surface area (Å²) in [6, 6.07) is 1.61. The summed E-state index contributed by atoms with van der Waals surface area (Å²) in [4.78, 5) is 29.4. The molecule has 0 fully saturated rings. The van der Waals surface area contributed by atoms with Gasteiger partial charge in [0.1, 0.15) is 0 Å². The maximum absolute atomic E-state index is 12.0. The number of hydrogen-bond acceptors (Lipinski definition) is 6. The molecule has 19 heavy (non-hydrogen) atoms. The Kier molecular flexibility index (Phi) is 4.30. The molecule has 2 aromatic heterocycles. The lowest BCUT2D eigenvalue weighted by atomic mass is 10.2. The van der Waals surface area contributed by atoms with E-state index in [0.29, 0.717) is 15.7 Å². The highest BCUT2D eigenvalue weighted by atomic mass is 79.9. The van der Waals surface area contributed by atoms with Crippen molar-refractivity contribution in [3.8, 4) is 0 Å². The number of halogens is 1. The molecule has 7 nitrogen and oxygen atoms in total. The number of nitrogens with zero attached hydrogens (tertiary/aromatic N) is 1. The zero-order chi connectivity index (χ0) is 13.8. The molecule has 0 aliphatic rings. The first-order valence-electron chi connectivity index (χ1n) is 5.17. The fourth-order valence-corrected chi connectivity index (χ4v) is 2.31. The zero-order valence-corrected chi connectivity index (χ0v) is 12.0. The van der Waals surface area contributed by atoms with Gasteiger partial charge >= 0.3 is 4.87 Å². The van der Waals surface area contributed by atoms with Crippen LogP contribution in [0.15, 0.2) is 26.9 Å². The second-order valence-corrected chi connectivity index (χ2v) is 5.31. The van der Waals surface area contributed by atoms with Gasteiger partial charge in [0.25, 0.3) is 5.91 Å². The van der Waals surface area contributed by atoms with Crippen LogP contribution in [0, 0.1) is 0 Å². The maximum Gasteiger partial charge on any atom is 0.304 e. The second kappa shape index (κ2) is 5.95. The molecule has 2 rings (SSSR count). The molecule has 1 amide bonds. The van der Waals surface area contributed by atoms with Crippen LogP contribution in [0.1, 0.15) is 16.1 Å². The Hall–Kier alpha value is -1.71. The average molecular weight is 344 g/mol. The Morgan fingerprint density at radius 2 is 2.37 bits per heavy atom. The number of nitrogen functional groups attached to an aromatic ring is 1. The number of nitrogens with one attached hydrogen (secondary N) is 3. The summed E-state index contributed by atoms with van der Waals surface area (Å²) in [5.41, 5.74) is 3.32. The van der Waals surface area contributed by atoms with Crippen molar-refractivity contribution in [2.75, 3.05) is 5.43 Å². The third kappa shape index (κ3) is 3.40. The number of hydrazine groups is 1. The molecular formula is C10H10BrN5O2S. The molecule has 0 aliphatic carbocycles. The van der Waals surface area contributed by atoms with Crippen LogP contribution in [-0.2, 0) is 6.54 Å². The van der Waals surface area contributed by atoms with Gasteiger partial charge in [-0.1, -0.05) is 11.3 Å². The molecule has 0 bridgehead atoms. The number of aromatic amines is 1. The summed E-state index contributed by atoms with van der Waals surface area (Å²) in [5.74, 6) is 5.23. The molecule has 0 saturated carbocycles. The van der Waals surface area contributed by atoms with Gasteiger partial charge in [0.15, 0.2) is 5.82 Å². The number of amides is 1. The molecule has 0 aromatic carbocycles. The first-order valence-corrected chi connectivity index (χ1v) is 6.84. The van der Waals surface area contributed by atoms with E-state index in [1.54, 1.807) is 11.4 Å². The van der Waals surface area contributed by atoms with Gasteiger partial charge in [0.2, 0.25) is 0 Å². The Balaban J connectivity index is 2.11. The quantitative estimate of drug-likeness (QED) is 0.484. The van der Waals surface area contributed by atoms with Crippen molar-refractivity contribution in [2.24, 2.45) is 5.84 Å².